The van der Waals surface area contributed by atoms with E-state index in [1.807, 2.05) is 18.2 Å². The third-order valence-corrected chi connectivity index (χ3v) is 2.48. The molecule has 1 unspecified atom stereocenters. The second kappa shape index (κ2) is 6.01. The summed E-state index contributed by atoms with van der Waals surface area (Å²) in [7, 11) is -1.06. The van der Waals surface area contributed by atoms with Gasteiger partial charge in [-0.15, -0.1) is 0 Å². The SMILES string of the molecule is OB(OOC1CCCCO1)c1ccccc1. The van der Waals surface area contributed by atoms with Crippen molar-refractivity contribution in [2.45, 2.75) is 25.6 Å². The molecular weight excluding hydrogens is 207 g/mol. The highest BCUT2D eigenvalue weighted by Crippen LogP contribution is 2.13. The first-order chi connectivity index (χ1) is 7.86. The van der Waals surface area contributed by atoms with Gasteiger partial charge in [0.25, 0.3) is 0 Å². The smallest absolute Gasteiger partial charge is 0.422 e. The Kier molecular flexibility index (Phi) is 4.36. The summed E-state index contributed by atoms with van der Waals surface area (Å²) in [5.41, 5.74) is 0.665. The van der Waals surface area contributed by atoms with Crippen molar-refractivity contribution in [1.29, 1.82) is 0 Å². The Morgan fingerprint density at radius 2 is 2.06 bits per heavy atom. The summed E-state index contributed by atoms with van der Waals surface area (Å²) in [6, 6.07) is 9.09. The molecule has 0 radical (unpaired) electrons. The van der Waals surface area contributed by atoms with Crippen LogP contribution >= 0.6 is 0 Å². The van der Waals surface area contributed by atoms with Gasteiger partial charge in [0.05, 0.1) is 0 Å². The van der Waals surface area contributed by atoms with Gasteiger partial charge in [-0.25, -0.2) is 4.89 Å². The molecule has 2 rings (SSSR count). The standard InChI is InChI=1S/C11H15BO4/c13-12(10-6-2-1-3-7-10)16-15-11-8-4-5-9-14-11/h1-3,6-7,11,13H,4-5,8-9H2. The van der Waals surface area contributed by atoms with Crippen molar-refractivity contribution >= 4 is 12.6 Å². The van der Waals surface area contributed by atoms with Crippen molar-refractivity contribution < 1.29 is 19.5 Å². The van der Waals surface area contributed by atoms with E-state index in [2.05, 4.69) is 0 Å². The quantitative estimate of drug-likeness (QED) is 0.466. The Labute approximate surface area is 95.2 Å². The molecule has 1 aromatic carbocycles. The van der Waals surface area contributed by atoms with Gasteiger partial charge in [0, 0.05) is 13.0 Å². The molecule has 0 bridgehead atoms. The lowest BCUT2D eigenvalue weighted by Gasteiger charge is -2.22. The molecule has 1 heterocycles. The summed E-state index contributed by atoms with van der Waals surface area (Å²) in [6.07, 6.45) is 2.57. The molecule has 1 aliphatic heterocycles. The monoisotopic (exact) mass is 222 g/mol. The molecule has 0 amide bonds. The molecule has 0 aromatic heterocycles. The lowest BCUT2D eigenvalue weighted by Crippen LogP contribution is -2.36. The van der Waals surface area contributed by atoms with Crippen molar-refractivity contribution in [1.82, 2.24) is 0 Å². The topological polar surface area (TPSA) is 47.9 Å². The summed E-state index contributed by atoms with van der Waals surface area (Å²) in [5.74, 6) is 0. The summed E-state index contributed by atoms with van der Waals surface area (Å²) >= 11 is 0. The Balaban J connectivity index is 1.77. The van der Waals surface area contributed by atoms with Crippen LogP contribution in [0.3, 0.4) is 0 Å². The second-order valence-corrected chi connectivity index (χ2v) is 3.75. The van der Waals surface area contributed by atoms with E-state index in [4.69, 9.17) is 14.4 Å². The van der Waals surface area contributed by atoms with E-state index >= 15 is 0 Å². The van der Waals surface area contributed by atoms with E-state index < -0.39 is 7.12 Å². The van der Waals surface area contributed by atoms with Gasteiger partial charge >= 0.3 is 7.12 Å². The maximum Gasteiger partial charge on any atom is 0.523 e. The van der Waals surface area contributed by atoms with Crippen molar-refractivity contribution in [2.75, 3.05) is 6.61 Å². The first-order valence-electron chi connectivity index (χ1n) is 5.53. The highest BCUT2D eigenvalue weighted by molar-refractivity contribution is 6.59. The minimum absolute atomic E-state index is 0.355. The normalized spacial score (nSPS) is 20.7. The maximum absolute atomic E-state index is 9.65. The third kappa shape index (κ3) is 3.32. The Bertz CT molecular complexity index is 300. The summed E-state index contributed by atoms with van der Waals surface area (Å²) in [5, 5.41) is 9.65. The number of ether oxygens (including phenoxy) is 1. The van der Waals surface area contributed by atoms with E-state index in [-0.39, 0.29) is 6.29 Å². The van der Waals surface area contributed by atoms with Crippen LogP contribution in [0.25, 0.3) is 0 Å². The number of hydrogen-bond donors (Lipinski definition) is 1. The van der Waals surface area contributed by atoms with Gasteiger partial charge in [-0.05, 0) is 18.3 Å². The Morgan fingerprint density at radius 1 is 1.25 bits per heavy atom. The fourth-order valence-corrected chi connectivity index (χ4v) is 1.57. The number of benzene rings is 1. The predicted molar refractivity (Wildman–Crippen MR) is 59.8 cm³/mol. The van der Waals surface area contributed by atoms with Gasteiger partial charge in [0.2, 0.25) is 0 Å². The molecule has 0 aliphatic carbocycles. The van der Waals surface area contributed by atoms with Gasteiger partial charge in [0.1, 0.15) is 0 Å². The minimum atomic E-state index is -1.06. The van der Waals surface area contributed by atoms with E-state index in [9.17, 15) is 5.02 Å². The lowest BCUT2D eigenvalue weighted by atomic mass is 9.80. The van der Waals surface area contributed by atoms with Crippen molar-refractivity contribution in [3.05, 3.63) is 30.3 Å². The third-order valence-electron chi connectivity index (χ3n) is 2.48. The first-order valence-corrected chi connectivity index (χ1v) is 5.53. The summed E-state index contributed by atoms with van der Waals surface area (Å²) < 4.78 is 5.31. The number of rotatable bonds is 4. The second-order valence-electron chi connectivity index (χ2n) is 3.75. The number of hydrogen-bond acceptors (Lipinski definition) is 4. The molecule has 1 saturated heterocycles. The van der Waals surface area contributed by atoms with Crippen LogP contribution in [0.2, 0.25) is 0 Å². The van der Waals surface area contributed by atoms with Gasteiger partial charge in [-0.2, -0.15) is 0 Å². The van der Waals surface area contributed by atoms with Gasteiger partial charge in [0.15, 0.2) is 6.29 Å². The largest absolute Gasteiger partial charge is 0.523 e. The maximum atomic E-state index is 9.65. The zero-order chi connectivity index (χ0) is 11.2. The molecule has 1 aliphatic rings. The molecule has 0 saturated carbocycles. The van der Waals surface area contributed by atoms with Gasteiger partial charge in [-0.1, -0.05) is 30.3 Å². The van der Waals surface area contributed by atoms with E-state index in [1.165, 1.54) is 0 Å². The predicted octanol–water partition coefficient (Wildman–Crippen LogP) is 0.849. The molecule has 1 aromatic rings. The summed E-state index contributed by atoms with van der Waals surface area (Å²) in [4.78, 5) is 9.92. The fourth-order valence-electron chi connectivity index (χ4n) is 1.57. The minimum Gasteiger partial charge on any atom is -0.422 e. The van der Waals surface area contributed by atoms with Crippen molar-refractivity contribution in [2.24, 2.45) is 0 Å². The van der Waals surface area contributed by atoms with Gasteiger partial charge < -0.3 is 9.76 Å². The van der Waals surface area contributed by atoms with E-state index in [1.54, 1.807) is 12.1 Å². The van der Waals surface area contributed by atoms with Crippen LogP contribution in [-0.4, -0.2) is 25.0 Å². The van der Waals surface area contributed by atoms with Crippen molar-refractivity contribution in [3.63, 3.8) is 0 Å². The Morgan fingerprint density at radius 3 is 2.75 bits per heavy atom. The van der Waals surface area contributed by atoms with Crippen LogP contribution in [-0.2, 0) is 14.4 Å². The van der Waals surface area contributed by atoms with Crippen LogP contribution in [0, 0.1) is 0 Å². The van der Waals surface area contributed by atoms with Crippen LogP contribution < -0.4 is 5.46 Å². The van der Waals surface area contributed by atoms with Crippen LogP contribution in [0.5, 0.6) is 0 Å². The van der Waals surface area contributed by atoms with Crippen LogP contribution in [0.15, 0.2) is 30.3 Å². The average molecular weight is 222 g/mol. The van der Waals surface area contributed by atoms with Gasteiger partial charge in [-0.3, -0.25) is 4.81 Å². The zero-order valence-electron chi connectivity index (χ0n) is 9.04. The highest BCUT2D eigenvalue weighted by Gasteiger charge is 2.21. The molecule has 1 N–H and O–H groups in total. The first kappa shape index (κ1) is 11.6. The molecule has 0 spiro atoms. The molecular formula is C11H15BO4. The molecule has 86 valence electrons. The molecule has 1 atom stereocenters. The molecule has 16 heavy (non-hydrogen) atoms. The summed E-state index contributed by atoms with van der Waals surface area (Å²) in [6.45, 7) is 0.690. The average Bonchev–Trinajstić information content (AvgIpc) is 2.38. The van der Waals surface area contributed by atoms with Crippen LogP contribution in [0.1, 0.15) is 19.3 Å². The highest BCUT2D eigenvalue weighted by atomic mass is 17.2. The zero-order valence-corrected chi connectivity index (χ0v) is 9.04. The van der Waals surface area contributed by atoms with E-state index in [0.717, 1.165) is 19.3 Å². The molecule has 4 nitrogen and oxygen atoms in total. The van der Waals surface area contributed by atoms with Crippen molar-refractivity contribution in [3.8, 4) is 0 Å². The molecule has 5 heteroatoms. The molecule has 1 fully saturated rings. The van der Waals surface area contributed by atoms with E-state index in [0.29, 0.717) is 12.1 Å². The lowest BCUT2D eigenvalue weighted by molar-refractivity contribution is -0.336. The fraction of sp³-hybridized carbons (Fsp3) is 0.455. The van der Waals surface area contributed by atoms with Crippen LogP contribution in [0.4, 0.5) is 0 Å². The Hall–Kier alpha value is -0.875.